The number of rotatable bonds is 10. The summed E-state index contributed by atoms with van der Waals surface area (Å²) in [4.78, 5) is 68.2. The summed E-state index contributed by atoms with van der Waals surface area (Å²) in [6.07, 6.45) is 3.64. The molecule has 3 aliphatic carbocycles. The second kappa shape index (κ2) is 10.5. The Balaban J connectivity index is 1.57. The molecule has 4 amide bonds. The monoisotopic (exact) mass is 558 g/mol. The summed E-state index contributed by atoms with van der Waals surface area (Å²) < 4.78 is 5.05. The maximum atomic E-state index is 14.0. The number of allylic oxidation sites excluding steroid dienone is 1. The van der Waals surface area contributed by atoms with Gasteiger partial charge in [0, 0.05) is 12.6 Å². The highest BCUT2D eigenvalue weighted by Crippen LogP contribution is 2.65. The number of likely N-dealkylation sites (tertiary alicyclic amines) is 1. The molecule has 10 heteroatoms. The quantitative estimate of drug-likeness (QED) is 0.279. The molecule has 0 spiro atoms. The third-order valence-electron chi connectivity index (χ3n) is 9.29. The Labute approximate surface area is 237 Å². The summed E-state index contributed by atoms with van der Waals surface area (Å²) in [5.74, 6) is -1.55. The van der Waals surface area contributed by atoms with Crippen LogP contribution in [0.2, 0.25) is 0 Å². The lowest BCUT2D eigenvalue weighted by molar-refractivity contribution is -0.151. The van der Waals surface area contributed by atoms with Crippen LogP contribution < -0.4 is 16.0 Å². The number of hydrogen-bond donors (Lipinski definition) is 3. The number of alkyl carbamates (subject to hydrolysis) is 1. The maximum absolute atomic E-state index is 14.0. The fourth-order valence-corrected chi connectivity index (χ4v) is 6.82. The highest BCUT2D eigenvalue weighted by molar-refractivity contribution is 6.40. The highest BCUT2D eigenvalue weighted by atomic mass is 16.6. The molecule has 4 fully saturated rings. The van der Waals surface area contributed by atoms with Crippen LogP contribution in [0.15, 0.2) is 12.3 Å². The Morgan fingerprint density at radius 2 is 1.73 bits per heavy atom. The zero-order valence-electron chi connectivity index (χ0n) is 25.0. The molecule has 3 saturated carbocycles. The van der Waals surface area contributed by atoms with Crippen LogP contribution in [-0.4, -0.2) is 64.7 Å². The molecule has 0 bridgehead atoms. The minimum absolute atomic E-state index is 0.0325. The molecule has 40 heavy (non-hydrogen) atoms. The predicted molar refractivity (Wildman–Crippen MR) is 149 cm³/mol. The Hall–Kier alpha value is -2.91. The lowest BCUT2D eigenvalue weighted by Gasteiger charge is -2.47. The second-order valence-electron chi connectivity index (χ2n) is 14.1. The third-order valence-corrected chi connectivity index (χ3v) is 9.29. The van der Waals surface area contributed by atoms with Crippen LogP contribution in [0.4, 0.5) is 4.79 Å². The van der Waals surface area contributed by atoms with Gasteiger partial charge >= 0.3 is 6.09 Å². The number of nitrogens with one attached hydrogen (secondary N) is 3. The molecular weight excluding hydrogens is 512 g/mol. The Morgan fingerprint density at radius 3 is 2.25 bits per heavy atom. The smallest absolute Gasteiger partial charge is 0.412 e. The van der Waals surface area contributed by atoms with E-state index in [4.69, 9.17) is 4.74 Å². The van der Waals surface area contributed by atoms with Gasteiger partial charge in [0.1, 0.15) is 17.6 Å². The first-order valence-electron chi connectivity index (χ1n) is 14.6. The second-order valence-corrected chi connectivity index (χ2v) is 14.1. The number of piperidine rings is 1. The van der Waals surface area contributed by atoms with Crippen molar-refractivity contribution in [3.63, 3.8) is 0 Å². The van der Waals surface area contributed by atoms with E-state index in [2.05, 4.69) is 43.3 Å². The van der Waals surface area contributed by atoms with Crippen LogP contribution in [0.3, 0.4) is 0 Å². The van der Waals surface area contributed by atoms with Crippen molar-refractivity contribution in [3.05, 3.63) is 12.3 Å². The molecule has 4 aliphatic rings. The molecule has 4 atom stereocenters. The first-order chi connectivity index (χ1) is 18.5. The van der Waals surface area contributed by atoms with E-state index in [1.165, 1.54) is 6.92 Å². The predicted octanol–water partition coefficient (Wildman–Crippen LogP) is 3.06. The molecule has 0 unspecified atom stereocenters. The lowest BCUT2D eigenvalue weighted by atomic mass is 9.64. The fraction of sp³-hybridized carbons (Fsp3) is 0.767. The summed E-state index contributed by atoms with van der Waals surface area (Å²) in [6.45, 7) is 17.2. The molecular formula is C30H46N4O6. The van der Waals surface area contributed by atoms with E-state index in [1.807, 2.05) is 20.8 Å². The molecule has 4 rings (SSSR count). The van der Waals surface area contributed by atoms with Crippen LogP contribution in [0.5, 0.6) is 0 Å². The minimum Gasteiger partial charge on any atom is -0.416 e. The van der Waals surface area contributed by atoms with Crippen molar-refractivity contribution in [1.29, 1.82) is 0 Å². The topological polar surface area (TPSA) is 134 Å². The van der Waals surface area contributed by atoms with Gasteiger partial charge in [-0.05, 0) is 61.2 Å². The maximum Gasteiger partial charge on any atom is 0.412 e. The van der Waals surface area contributed by atoms with E-state index in [-0.39, 0.29) is 40.9 Å². The molecule has 1 saturated heterocycles. The van der Waals surface area contributed by atoms with Gasteiger partial charge in [-0.2, -0.15) is 0 Å². The molecule has 1 heterocycles. The Bertz CT molecular complexity index is 1100. The number of carbonyl (C=O) groups is 5. The van der Waals surface area contributed by atoms with E-state index in [0.717, 1.165) is 25.7 Å². The van der Waals surface area contributed by atoms with Gasteiger partial charge in [-0.15, -0.1) is 0 Å². The van der Waals surface area contributed by atoms with Crippen molar-refractivity contribution in [3.8, 4) is 0 Å². The number of fused-ring (bicyclic) bond motifs is 1. The zero-order chi connectivity index (χ0) is 29.8. The standard InChI is InChI=1S/C30H46N4O6/c1-9-10-17-13-30(14-17,23(35)25(37)31-18-11-12-18)33-24(36)21-20-19(29(20,7)8)15-34(21)26(38)22(28(4,5)6)32-27(39)40-16(2)3/h17-22H,2,9-15H2,1,3-8H3,(H,31,37)(H,32,39)(H,33,36)/t17?,19-,20-,21-,22+,30?/m0/s1. The summed E-state index contributed by atoms with van der Waals surface area (Å²) >= 11 is 0. The SMILES string of the molecule is C=C(C)OC(=O)N[C@H](C(=O)N1C[C@H]2[C@@H]([C@H]1C(=O)NC1(C(=O)C(=O)NC3CC3)CC(CCC)C1)C2(C)C)C(C)(C)C. The number of amides is 4. The van der Waals surface area contributed by atoms with Crippen molar-refractivity contribution in [2.45, 2.75) is 111 Å². The largest absolute Gasteiger partial charge is 0.416 e. The van der Waals surface area contributed by atoms with E-state index in [9.17, 15) is 24.0 Å². The van der Waals surface area contributed by atoms with Gasteiger partial charge in [-0.1, -0.05) is 61.0 Å². The molecule has 0 aromatic heterocycles. The van der Waals surface area contributed by atoms with Crippen molar-refractivity contribution < 1.29 is 28.7 Å². The summed E-state index contributed by atoms with van der Waals surface area (Å²) in [5, 5.41) is 8.44. The van der Waals surface area contributed by atoms with E-state index in [0.29, 0.717) is 19.4 Å². The van der Waals surface area contributed by atoms with Gasteiger partial charge in [0.05, 0.1) is 5.76 Å². The van der Waals surface area contributed by atoms with Gasteiger partial charge in [-0.3, -0.25) is 19.2 Å². The summed E-state index contributed by atoms with van der Waals surface area (Å²) in [5.41, 5.74) is -2.07. The molecule has 0 radical (unpaired) electrons. The number of hydrogen-bond acceptors (Lipinski definition) is 6. The van der Waals surface area contributed by atoms with Gasteiger partial charge < -0.3 is 25.6 Å². The van der Waals surface area contributed by atoms with Crippen LogP contribution in [0.1, 0.15) is 87.0 Å². The molecule has 1 aliphatic heterocycles. The van der Waals surface area contributed by atoms with Crippen LogP contribution in [0.25, 0.3) is 0 Å². The van der Waals surface area contributed by atoms with Crippen molar-refractivity contribution in [2.75, 3.05) is 6.54 Å². The molecule has 222 valence electrons. The Kier molecular flexibility index (Phi) is 7.88. The molecule has 3 N–H and O–H groups in total. The molecule has 0 aromatic carbocycles. The average molecular weight is 559 g/mol. The minimum atomic E-state index is -1.26. The summed E-state index contributed by atoms with van der Waals surface area (Å²) in [6, 6.07) is -1.73. The van der Waals surface area contributed by atoms with Crippen molar-refractivity contribution >= 4 is 29.6 Å². The number of nitrogens with zero attached hydrogens (tertiary/aromatic N) is 1. The highest BCUT2D eigenvalue weighted by Gasteiger charge is 2.70. The fourth-order valence-electron chi connectivity index (χ4n) is 6.82. The third kappa shape index (κ3) is 5.77. The van der Waals surface area contributed by atoms with Gasteiger partial charge in [-0.25, -0.2) is 4.79 Å². The molecule has 10 nitrogen and oxygen atoms in total. The zero-order valence-corrected chi connectivity index (χ0v) is 25.0. The molecule has 0 aromatic rings. The van der Waals surface area contributed by atoms with Crippen LogP contribution in [0, 0.1) is 28.6 Å². The number of carbonyl (C=O) groups excluding carboxylic acids is 5. The van der Waals surface area contributed by atoms with Crippen LogP contribution >= 0.6 is 0 Å². The first-order valence-corrected chi connectivity index (χ1v) is 14.6. The van der Waals surface area contributed by atoms with Crippen molar-refractivity contribution in [1.82, 2.24) is 20.9 Å². The average Bonchev–Trinajstić information content (AvgIpc) is 3.66. The first kappa shape index (κ1) is 30.1. The van der Waals surface area contributed by atoms with Crippen molar-refractivity contribution in [2.24, 2.45) is 28.6 Å². The van der Waals surface area contributed by atoms with E-state index < -0.39 is 46.7 Å². The number of Topliss-reactive ketones (excluding diaryl/α,β-unsaturated/α-hetero) is 1. The van der Waals surface area contributed by atoms with Gasteiger partial charge in [0.15, 0.2) is 0 Å². The lowest BCUT2D eigenvalue weighted by Crippen LogP contribution is -2.68. The Morgan fingerprint density at radius 1 is 1.10 bits per heavy atom. The summed E-state index contributed by atoms with van der Waals surface area (Å²) in [7, 11) is 0. The van der Waals surface area contributed by atoms with E-state index in [1.54, 1.807) is 4.90 Å². The number of ketones is 1. The normalized spacial score (nSPS) is 30.7. The van der Waals surface area contributed by atoms with Gasteiger partial charge in [0.2, 0.25) is 17.6 Å². The van der Waals surface area contributed by atoms with Gasteiger partial charge in [0.25, 0.3) is 5.91 Å². The number of ether oxygens (including phenoxy) is 1. The van der Waals surface area contributed by atoms with Crippen LogP contribution in [-0.2, 0) is 23.9 Å². The van der Waals surface area contributed by atoms with E-state index >= 15 is 0 Å².